The number of hydrogen-bond donors (Lipinski definition) is 2. The van der Waals surface area contributed by atoms with Gasteiger partial charge in [0.15, 0.2) is 0 Å². The first-order chi connectivity index (χ1) is 27.4. The lowest BCUT2D eigenvalue weighted by Gasteiger charge is -2.44. The van der Waals surface area contributed by atoms with Gasteiger partial charge in [0.1, 0.15) is 12.8 Å². The number of ether oxygens (including phenoxy) is 3. The molecule has 0 radical (unpaired) electrons. The number of urea groups is 1. The molecule has 2 N–H and O–H groups in total. The molecule has 0 unspecified atom stereocenters. The summed E-state index contributed by atoms with van der Waals surface area (Å²) >= 11 is 0. The standard InChI is InChI=1S/C45H77N5O7/c1-7-8-19-41(49(27-22-37-17-13-10-14-18-37)44(54)47-25-23-39(24-26-47)57-34-55-6)42(52)46-50(33-45(4,5)48-28-30-56-31-29-48)43(53)40(35(2)3)32-38(51)21-20-36-15-11-9-12-16-36/h10,13-14,17-18,35-36,38-41,51H,7-9,11-12,15-16,19-34H2,1-6H3,(H,46,52)/t38-,40-,41-/m0/s1. The first-order valence-corrected chi connectivity index (χ1v) is 22.3. The molecule has 1 saturated carbocycles. The van der Waals surface area contributed by atoms with E-state index in [-0.39, 0.29) is 43.2 Å². The van der Waals surface area contributed by atoms with Crippen LogP contribution in [-0.4, -0.2) is 133 Å². The van der Waals surface area contributed by atoms with Gasteiger partial charge in [0, 0.05) is 51.3 Å². The summed E-state index contributed by atoms with van der Waals surface area (Å²) in [5.41, 5.74) is 3.74. The molecule has 1 aliphatic carbocycles. The number of morpholine rings is 1. The second-order valence-electron chi connectivity index (χ2n) is 17.8. The molecule has 4 amide bonds. The maximum atomic E-state index is 14.9. The van der Waals surface area contributed by atoms with Crippen LogP contribution in [0.4, 0.5) is 4.79 Å². The molecule has 0 spiro atoms. The molecule has 3 aliphatic rings. The van der Waals surface area contributed by atoms with E-state index in [1.165, 1.54) is 37.1 Å². The Morgan fingerprint density at radius 1 is 0.982 bits per heavy atom. The van der Waals surface area contributed by atoms with E-state index in [2.05, 4.69) is 31.1 Å². The average molecular weight is 800 g/mol. The topological polar surface area (TPSA) is 124 Å². The van der Waals surface area contributed by atoms with Crippen molar-refractivity contribution in [2.75, 3.05) is 66.4 Å². The number of unbranched alkanes of at least 4 members (excludes halogenated alkanes) is 1. The summed E-state index contributed by atoms with van der Waals surface area (Å²) < 4.78 is 16.6. The molecule has 12 heteroatoms. The summed E-state index contributed by atoms with van der Waals surface area (Å²) in [5.74, 6) is -0.433. The van der Waals surface area contributed by atoms with Crippen LogP contribution in [0, 0.1) is 17.8 Å². The largest absolute Gasteiger partial charge is 0.393 e. The second kappa shape index (κ2) is 24.3. The monoisotopic (exact) mass is 800 g/mol. The molecule has 324 valence electrons. The number of piperidine rings is 1. The van der Waals surface area contributed by atoms with Gasteiger partial charge in [-0.15, -0.1) is 0 Å². The molecule has 4 rings (SSSR count). The Morgan fingerprint density at radius 3 is 2.30 bits per heavy atom. The lowest BCUT2D eigenvalue weighted by Crippen LogP contribution is -2.63. The minimum Gasteiger partial charge on any atom is -0.393 e. The van der Waals surface area contributed by atoms with E-state index in [1.54, 1.807) is 12.0 Å². The normalized spacial score (nSPS) is 19.3. The smallest absolute Gasteiger partial charge is 0.320 e. The van der Waals surface area contributed by atoms with Crippen LogP contribution in [0.5, 0.6) is 0 Å². The number of nitrogens with zero attached hydrogens (tertiary/aromatic N) is 4. The molecule has 2 heterocycles. The molecule has 1 aromatic carbocycles. The van der Waals surface area contributed by atoms with Crippen molar-refractivity contribution in [1.29, 1.82) is 0 Å². The van der Waals surface area contributed by atoms with Gasteiger partial charge < -0.3 is 29.1 Å². The summed E-state index contributed by atoms with van der Waals surface area (Å²) in [6, 6.07) is 9.10. The lowest BCUT2D eigenvalue weighted by atomic mass is 9.83. The van der Waals surface area contributed by atoms with Crippen LogP contribution in [0.1, 0.15) is 124 Å². The fourth-order valence-electron chi connectivity index (χ4n) is 8.87. The van der Waals surface area contributed by atoms with Crippen LogP contribution in [0.2, 0.25) is 0 Å². The minimum atomic E-state index is -0.788. The van der Waals surface area contributed by atoms with Crippen LogP contribution in [-0.2, 0) is 30.2 Å². The number of carbonyl (C=O) groups is 3. The Balaban J connectivity index is 1.60. The molecular formula is C45H77N5O7. The summed E-state index contributed by atoms with van der Waals surface area (Å²) in [7, 11) is 1.61. The number of likely N-dealkylation sites (tertiary alicyclic amines) is 1. The van der Waals surface area contributed by atoms with Crippen LogP contribution >= 0.6 is 0 Å². The Kier molecular flexibility index (Phi) is 20.0. The predicted molar refractivity (Wildman–Crippen MR) is 224 cm³/mol. The van der Waals surface area contributed by atoms with Gasteiger partial charge in [0.2, 0.25) is 5.91 Å². The summed E-state index contributed by atoms with van der Waals surface area (Å²) in [6.45, 7) is 14.9. The highest BCUT2D eigenvalue weighted by Gasteiger charge is 2.40. The summed E-state index contributed by atoms with van der Waals surface area (Å²) in [6.07, 6.45) is 11.7. The highest BCUT2D eigenvalue weighted by Crippen LogP contribution is 2.30. The van der Waals surface area contributed by atoms with Gasteiger partial charge in [-0.3, -0.25) is 24.9 Å². The number of hydrazine groups is 1. The average Bonchev–Trinajstić information content (AvgIpc) is 3.22. The number of aliphatic hydroxyl groups excluding tert-OH is 1. The Morgan fingerprint density at radius 2 is 1.67 bits per heavy atom. The van der Waals surface area contributed by atoms with Gasteiger partial charge in [0.25, 0.3) is 5.91 Å². The van der Waals surface area contributed by atoms with Crippen molar-refractivity contribution in [1.82, 2.24) is 25.1 Å². The summed E-state index contributed by atoms with van der Waals surface area (Å²) in [5, 5.41) is 12.9. The highest BCUT2D eigenvalue weighted by atomic mass is 16.7. The van der Waals surface area contributed by atoms with Crippen molar-refractivity contribution >= 4 is 17.8 Å². The number of rotatable bonds is 21. The van der Waals surface area contributed by atoms with Crippen molar-refractivity contribution in [3.05, 3.63) is 35.9 Å². The molecular weight excluding hydrogens is 723 g/mol. The predicted octanol–water partition coefficient (Wildman–Crippen LogP) is 6.65. The third-order valence-electron chi connectivity index (χ3n) is 12.6. The maximum Gasteiger partial charge on any atom is 0.320 e. The Labute approximate surface area is 344 Å². The summed E-state index contributed by atoms with van der Waals surface area (Å²) in [4.78, 5) is 50.3. The molecule has 2 saturated heterocycles. The number of benzene rings is 1. The van der Waals surface area contributed by atoms with Gasteiger partial charge in [-0.25, -0.2) is 4.79 Å². The SMILES string of the molecule is CCCC[C@@H](C(=O)NN(CC(C)(C)N1CCOCC1)C(=O)[C@@H](C[C@@H](O)CCC1CCCCC1)C(C)C)N(CCc1ccccc1)C(=O)N1CCC(OCOC)CC1. The molecule has 12 nitrogen and oxygen atoms in total. The zero-order valence-electron chi connectivity index (χ0n) is 36.3. The van der Waals surface area contributed by atoms with Gasteiger partial charge in [0.05, 0.1) is 32.0 Å². The molecule has 1 aromatic rings. The minimum absolute atomic E-state index is 0.0139. The van der Waals surface area contributed by atoms with Crippen molar-refractivity contribution in [2.24, 2.45) is 17.8 Å². The lowest BCUT2D eigenvalue weighted by molar-refractivity contribution is -0.151. The number of nitrogens with one attached hydrogen (secondary N) is 1. The van der Waals surface area contributed by atoms with Crippen LogP contribution in [0.25, 0.3) is 0 Å². The van der Waals surface area contributed by atoms with E-state index >= 15 is 0 Å². The number of amides is 4. The molecule has 3 fully saturated rings. The number of aliphatic hydroxyl groups is 1. The van der Waals surface area contributed by atoms with E-state index in [0.717, 1.165) is 37.9 Å². The first kappa shape index (κ1) is 46.9. The fraction of sp³-hybridized carbons (Fsp3) is 0.800. The molecule has 57 heavy (non-hydrogen) atoms. The maximum absolute atomic E-state index is 14.9. The fourth-order valence-corrected chi connectivity index (χ4v) is 8.87. The number of methoxy groups -OCH3 is 1. The van der Waals surface area contributed by atoms with Crippen molar-refractivity contribution in [3.8, 4) is 0 Å². The van der Waals surface area contributed by atoms with Gasteiger partial charge in [-0.05, 0) is 76.2 Å². The van der Waals surface area contributed by atoms with Crippen molar-refractivity contribution in [2.45, 2.75) is 148 Å². The quantitative estimate of drug-likeness (QED) is 0.105. The first-order valence-electron chi connectivity index (χ1n) is 22.3. The molecule has 2 aliphatic heterocycles. The van der Waals surface area contributed by atoms with E-state index in [0.29, 0.717) is 77.3 Å². The van der Waals surface area contributed by atoms with Crippen molar-refractivity contribution in [3.63, 3.8) is 0 Å². The van der Waals surface area contributed by atoms with E-state index in [4.69, 9.17) is 14.2 Å². The van der Waals surface area contributed by atoms with Gasteiger partial charge in [-0.2, -0.15) is 0 Å². The molecule has 0 aromatic heterocycles. The Bertz CT molecular complexity index is 1310. The zero-order valence-corrected chi connectivity index (χ0v) is 36.3. The van der Waals surface area contributed by atoms with Gasteiger partial charge >= 0.3 is 6.03 Å². The highest BCUT2D eigenvalue weighted by molar-refractivity contribution is 5.89. The Hall–Kier alpha value is -2.77. The van der Waals surface area contributed by atoms with E-state index < -0.39 is 23.6 Å². The number of carbonyl (C=O) groups excluding carboxylic acids is 3. The molecule has 3 atom stereocenters. The van der Waals surface area contributed by atoms with Crippen molar-refractivity contribution < 1.29 is 33.7 Å². The zero-order chi connectivity index (χ0) is 41.2. The third-order valence-corrected chi connectivity index (χ3v) is 12.6. The second-order valence-corrected chi connectivity index (χ2v) is 17.8. The molecule has 0 bridgehead atoms. The van der Waals surface area contributed by atoms with Gasteiger partial charge in [-0.1, -0.05) is 96.0 Å². The van der Waals surface area contributed by atoms with E-state index in [9.17, 15) is 19.5 Å². The third kappa shape index (κ3) is 15.1. The van der Waals surface area contributed by atoms with Crippen LogP contribution in [0.3, 0.4) is 0 Å². The van der Waals surface area contributed by atoms with Crippen LogP contribution in [0.15, 0.2) is 30.3 Å². The number of hydrogen-bond acceptors (Lipinski definition) is 8. The van der Waals surface area contributed by atoms with Crippen LogP contribution < -0.4 is 5.43 Å². The van der Waals surface area contributed by atoms with E-state index in [1.807, 2.05) is 49.1 Å².